The van der Waals surface area contributed by atoms with Crippen LogP contribution in [0.15, 0.2) is 0 Å². The van der Waals surface area contributed by atoms with E-state index in [1.807, 2.05) is 13.8 Å². The average molecular weight is 285 g/mol. The second kappa shape index (κ2) is 12.9. The van der Waals surface area contributed by atoms with Crippen LogP contribution in [0.2, 0.25) is 0 Å². The van der Waals surface area contributed by atoms with E-state index in [1.165, 1.54) is 43.4 Å². The number of nitrogens with zero attached hydrogens (tertiary/aromatic N) is 1. The molecule has 0 atom stereocenters. The number of hydrogen-bond acceptors (Lipinski definition) is 3. The Balaban J connectivity index is 3.50. The Kier molecular flexibility index (Phi) is 12.3. The van der Waals surface area contributed by atoms with Crippen molar-refractivity contribution in [2.45, 2.75) is 72.1 Å². The van der Waals surface area contributed by atoms with Crippen LogP contribution < -0.4 is 0 Å². The van der Waals surface area contributed by atoms with Gasteiger partial charge < -0.3 is 9.64 Å². The average Bonchev–Trinajstić information content (AvgIpc) is 2.46. The van der Waals surface area contributed by atoms with Crippen molar-refractivity contribution in [2.24, 2.45) is 0 Å². The Hall–Kier alpha value is -1.06. The molecule has 0 saturated carbocycles. The van der Waals surface area contributed by atoms with E-state index in [-0.39, 0.29) is 0 Å². The molecule has 20 heavy (non-hydrogen) atoms. The molecule has 0 radical (unpaired) electrons. The van der Waals surface area contributed by atoms with Crippen LogP contribution >= 0.6 is 0 Å². The van der Waals surface area contributed by atoms with Gasteiger partial charge in [-0.3, -0.25) is 4.79 Å². The molecular weight excluding hydrogens is 254 g/mol. The SMILES string of the molecule is CCCCCCCCCCOC(=O)C(=O)N(CC)CC. The van der Waals surface area contributed by atoms with Crippen LogP contribution in [0.4, 0.5) is 0 Å². The highest BCUT2D eigenvalue weighted by molar-refractivity contribution is 6.32. The van der Waals surface area contributed by atoms with E-state index in [9.17, 15) is 9.59 Å². The summed E-state index contributed by atoms with van der Waals surface area (Å²) in [6, 6.07) is 0. The minimum atomic E-state index is -0.711. The summed E-state index contributed by atoms with van der Waals surface area (Å²) in [6.07, 6.45) is 9.58. The van der Waals surface area contributed by atoms with Crippen molar-refractivity contribution in [3.8, 4) is 0 Å². The Bertz CT molecular complexity index is 262. The molecule has 0 aliphatic carbocycles. The van der Waals surface area contributed by atoms with Gasteiger partial charge >= 0.3 is 11.9 Å². The van der Waals surface area contributed by atoms with Crippen molar-refractivity contribution in [2.75, 3.05) is 19.7 Å². The number of rotatable bonds is 11. The maximum atomic E-state index is 11.6. The van der Waals surface area contributed by atoms with E-state index in [0.717, 1.165) is 12.8 Å². The fraction of sp³-hybridized carbons (Fsp3) is 0.875. The van der Waals surface area contributed by atoms with Crippen molar-refractivity contribution >= 4 is 11.9 Å². The molecular formula is C16H31NO3. The van der Waals surface area contributed by atoms with Gasteiger partial charge in [0.05, 0.1) is 6.61 Å². The van der Waals surface area contributed by atoms with E-state index in [4.69, 9.17) is 4.74 Å². The first kappa shape index (κ1) is 18.9. The molecule has 4 nitrogen and oxygen atoms in total. The van der Waals surface area contributed by atoms with Crippen LogP contribution in [0.25, 0.3) is 0 Å². The number of hydrogen-bond donors (Lipinski definition) is 0. The molecule has 4 heteroatoms. The zero-order chi connectivity index (χ0) is 15.2. The third kappa shape index (κ3) is 8.94. The van der Waals surface area contributed by atoms with Gasteiger partial charge in [0.25, 0.3) is 0 Å². The van der Waals surface area contributed by atoms with E-state index < -0.39 is 11.9 Å². The lowest BCUT2D eigenvalue weighted by Gasteiger charge is -2.17. The second-order valence-corrected chi connectivity index (χ2v) is 5.09. The van der Waals surface area contributed by atoms with Gasteiger partial charge in [-0.2, -0.15) is 0 Å². The van der Waals surface area contributed by atoms with Gasteiger partial charge in [-0.05, 0) is 20.3 Å². The highest BCUT2D eigenvalue weighted by Crippen LogP contribution is 2.08. The van der Waals surface area contributed by atoms with Gasteiger partial charge in [0, 0.05) is 13.1 Å². The van der Waals surface area contributed by atoms with Crippen LogP contribution in [-0.4, -0.2) is 36.5 Å². The highest BCUT2D eigenvalue weighted by Gasteiger charge is 2.20. The largest absolute Gasteiger partial charge is 0.459 e. The first-order valence-electron chi connectivity index (χ1n) is 8.13. The zero-order valence-electron chi connectivity index (χ0n) is 13.5. The van der Waals surface area contributed by atoms with E-state index >= 15 is 0 Å². The standard InChI is InChI=1S/C16H31NO3/c1-4-7-8-9-10-11-12-13-14-20-16(19)15(18)17(5-2)6-3/h4-14H2,1-3H3. The number of esters is 1. The number of carbonyl (C=O) groups is 2. The van der Waals surface area contributed by atoms with Crippen molar-refractivity contribution in [3.63, 3.8) is 0 Å². The fourth-order valence-corrected chi connectivity index (χ4v) is 2.10. The molecule has 118 valence electrons. The van der Waals surface area contributed by atoms with Crippen molar-refractivity contribution < 1.29 is 14.3 Å². The Morgan fingerprint density at radius 3 is 1.80 bits per heavy atom. The van der Waals surface area contributed by atoms with Crippen LogP contribution in [0.1, 0.15) is 72.1 Å². The van der Waals surface area contributed by atoms with Crippen molar-refractivity contribution in [1.82, 2.24) is 4.90 Å². The lowest BCUT2D eigenvalue weighted by molar-refractivity contribution is -0.160. The van der Waals surface area contributed by atoms with Gasteiger partial charge in [-0.25, -0.2) is 4.79 Å². The molecule has 0 aromatic heterocycles. The molecule has 0 rings (SSSR count). The summed E-state index contributed by atoms with van der Waals surface area (Å²) < 4.78 is 5.00. The van der Waals surface area contributed by atoms with Gasteiger partial charge in [-0.1, -0.05) is 51.9 Å². The monoisotopic (exact) mass is 285 g/mol. The predicted molar refractivity (Wildman–Crippen MR) is 81.5 cm³/mol. The highest BCUT2D eigenvalue weighted by atomic mass is 16.5. The van der Waals surface area contributed by atoms with Crippen LogP contribution in [-0.2, 0) is 14.3 Å². The van der Waals surface area contributed by atoms with Crippen LogP contribution in [0.5, 0.6) is 0 Å². The van der Waals surface area contributed by atoms with Crippen molar-refractivity contribution in [1.29, 1.82) is 0 Å². The number of unbranched alkanes of at least 4 members (excludes halogenated alkanes) is 7. The van der Waals surface area contributed by atoms with Gasteiger partial charge in [0.1, 0.15) is 0 Å². The maximum absolute atomic E-state index is 11.6. The quantitative estimate of drug-likeness (QED) is 0.331. The summed E-state index contributed by atoms with van der Waals surface area (Å²) in [5, 5.41) is 0. The summed E-state index contributed by atoms with van der Waals surface area (Å²) in [6.45, 7) is 7.37. The second-order valence-electron chi connectivity index (χ2n) is 5.09. The molecule has 0 aliphatic rings. The van der Waals surface area contributed by atoms with Gasteiger partial charge in [0.15, 0.2) is 0 Å². The lowest BCUT2D eigenvalue weighted by atomic mass is 10.1. The summed E-state index contributed by atoms with van der Waals surface area (Å²) in [4.78, 5) is 24.6. The number of likely N-dealkylation sites (N-methyl/N-ethyl adjacent to an activating group) is 1. The third-order valence-electron chi connectivity index (χ3n) is 3.46. The number of ether oxygens (including phenoxy) is 1. The van der Waals surface area contributed by atoms with Gasteiger partial charge in [-0.15, -0.1) is 0 Å². The Labute approximate surface area is 123 Å². The van der Waals surface area contributed by atoms with Crippen LogP contribution in [0, 0.1) is 0 Å². The van der Waals surface area contributed by atoms with Crippen LogP contribution in [0.3, 0.4) is 0 Å². The smallest absolute Gasteiger partial charge is 0.397 e. The summed E-state index contributed by atoms with van der Waals surface area (Å²) in [5.74, 6) is -1.23. The maximum Gasteiger partial charge on any atom is 0.397 e. The minimum Gasteiger partial charge on any atom is -0.459 e. The molecule has 0 bridgehead atoms. The normalized spacial score (nSPS) is 10.3. The molecule has 0 fully saturated rings. The zero-order valence-corrected chi connectivity index (χ0v) is 13.5. The van der Waals surface area contributed by atoms with Crippen molar-refractivity contribution in [3.05, 3.63) is 0 Å². The van der Waals surface area contributed by atoms with E-state index in [0.29, 0.717) is 19.7 Å². The first-order chi connectivity index (χ1) is 9.67. The van der Waals surface area contributed by atoms with E-state index in [2.05, 4.69) is 6.92 Å². The Morgan fingerprint density at radius 2 is 1.30 bits per heavy atom. The molecule has 0 unspecified atom stereocenters. The predicted octanol–water partition coefficient (Wildman–Crippen LogP) is 3.54. The Morgan fingerprint density at radius 1 is 0.800 bits per heavy atom. The minimum absolute atomic E-state index is 0.362. The lowest BCUT2D eigenvalue weighted by Crippen LogP contribution is -2.37. The topological polar surface area (TPSA) is 46.6 Å². The molecule has 0 saturated heterocycles. The third-order valence-corrected chi connectivity index (χ3v) is 3.46. The van der Waals surface area contributed by atoms with Gasteiger partial charge in [0.2, 0.25) is 0 Å². The number of carbonyl (C=O) groups excluding carboxylic acids is 2. The molecule has 0 aromatic rings. The molecule has 0 N–H and O–H groups in total. The number of amides is 1. The summed E-state index contributed by atoms with van der Waals surface area (Å²) >= 11 is 0. The summed E-state index contributed by atoms with van der Waals surface area (Å²) in [7, 11) is 0. The molecule has 0 aliphatic heterocycles. The molecule has 1 amide bonds. The van der Waals surface area contributed by atoms with E-state index in [1.54, 1.807) is 0 Å². The summed E-state index contributed by atoms with van der Waals surface area (Å²) in [5.41, 5.74) is 0. The fourth-order valence-electron chi connectivity index (χ4n) is 2.10. The molecule has 0 heterocycles. The molecule has 0 aromatic carbocycles. The molecule has 0 spiro atoms. The first-order valence-corrected chi connectivity index (χ1v) is 8.13.